The molecule has 1 aromatic rings. The summed E-state index contributed by atoms with van der Waals surface area (Å²) in [6.45, 7) is 4.58. The monoisotopic (exact) mass is 337 g/mol. The molecule has 2 rings (SSSR count). The van der Waals surface area contributed by atoms with Gasteiger partial charge in [0.25, 0.3) is 0 Å². The number of rotatable bonds is 7. The molecule has 1 fully saturated rings. The van der Waals surface area contributed by atoms with E-state index >= 15 is 0 Å². The largest absolute Gasteiger partial charge is 0.316 e. The highest BCUT2D eigenvalue weighted by Crippen LogP contribution is 2.33. The number of hydrogen-bond acceptors (Lipinski definition) is 1. The maximum atomic E-state index is 3.71. The molecule has 1 saturated carbocycles. The minimum atomic E-state index is 0.792. The third-order valence-electron chi connectivity index (χ3n) is 4.59. The summed E-state index contributed by atoms with van der Waals surface area (Å²) < 4.78 is 1.27. The predicted molar refractivity (Wildman–Crippen MR) is 91.1 cm³/mol. The van der Waals surface area contributed by atoms with Gasteiger partial charge in [-0.25, -0.2) is 0 Å². The Hall–Kier alpha value is -0.340. The van der Waals surface area contributed by atoms with Gasteiger partial charge >= 0.3 is 0 Å². The van der Waals surface area contributed by atoms with E-state index in [2.05, 4.69) is 52.4 Å². The van der Waals surface area contributed by atoms with Crippen LogP contribution in [-0.4, -0.2) is 13.1 Å². The second kappa shape index (κ2) is 8.84. The standard InChI is InChI=1S/C18H28BrN/c1-2-12-20-14-17(15-8-4-3-5-9-15)13-16-10-6-7-11-18(16)19/h6-7,10-11,15,17,20H,2-5,8-9,12-14H2,1H3. The summed E-state index contributed by atoms with van der Waals surface area (Å²) in [6.07, 6.45) is 9.62. The van der Waals surface area contributed by atoms with Crippen molar-refractivity contribution in [2.45, 2.75) is 51.9 Å². The number of nitrogens with one attached hydrogen (secondary N) is 1. The minimum Gasteiger partial charge on any atom is -0.316 e. The van der Waals surface area contributed by atoms with Crippen LogP contribution in [0.3, 0.4) is 0 Å². The average Bonchev–Trinajstić information content (AvgIpc) is 2.49. The van der Waals surface area contributed by atoms with Gasteiger partial charge in [0.15, 0.2) is 0 Å². The fraction of sp³-hybridized carbons (Fsp3) is 0.667. The molecule has 1 aliphatic rings. The summed E-state index contributed by atoms with van der Waals surface area (Å²) in [6, 6.07) is 8.72. The van der Waals surface area contributed by atoms with Crippen LogP contribution in [0.5, 0.6) is 0 Å². The van der Waals surface area contributed by atoms with Crippen molar-refractivity contribution < 1.29 is 0 Å². The first kappa shape index (κ1) is 16.0. The summed E-state index contributed by atoms with van der Waals surface area (Å²) >= 11 is 3.71. The van der Waals surface area contributed by atoms with E-state index in [0.29, 0.717) is 0 Å². The first-order valence-corrected chi connectivity index (χ1v) is 9.04. The summed E-state index contributed by atoms with van der Waals surface area (Å²) in [7, 11) is 0. The van der Waals surface area contributed by atoms with Gasteiger partial charge in [-0.3, -0.25) is 0 Å². The lowest BCUT2D eigenvalue weighted by atomic mass is 9.77. The highest BCUT2D eigenvalue weighted by Gasteiger charge is 2.24. The molecule has 0 aromatic heterocycles. The molecule has 0 saturated heterocycles. The van der Waals surface area contributed by atoms with Crippen LogP contribution in [0.25, 0.3) is 0 Å². The normalized spacial score (nSPS) is 18.1. The molecule has 1 nitrogen and oxygen atoms in total. The zero-order chi connectivity index (χ0) is 14.2. The zero-order valence-corrected chi connectivity index (χ0v) is 14.3. The lowest BCUT2D eigenvalue weighted by Crippen LogP contribution is -2.31. The maximum Gasteiger partial charge on any atom is 0.0207 e. The molecule has 20 heavy (non-hydrogen) atoms. The molecule has 1 N–H and O–H groups in total. The minimum absolute atomic E-state index is 0.792. The van der Waals surface area contributed by atoms with Crippen molar-refractivity contribution in [3.05, 3.63) is 34.3 Å². The van der Waals surface area contributed by atoms with Crippen molar-refractivity contribution in [3.8, 4) is 0 Å². The molecule has 1 atom stereocenters. The Morgan fingerprint density at radius 2 is 1.95 bits per heavy atom. The predicted octanol–water partition coefficient (Wildman–Crippen LogP) is 5.19. The number of hydrogen-bond donors (Lipinski definition) is 1. The summed E-state index contributed by atoms with van der Waals surface area (Å²) in [5, 5.41) is 3.66. The van der Waals surface area contributed by atoms with E-state index in [-0.39, 0.29) is 0 Å². The molecule has 0 aliphatic heterocycles. The third kappa shape index (κ3) is 4.89. The van der Waals surface area contributed by atoms with Crippen LogP contribution < -0.4 is 5.32 Å². The Labute approximate surface area is 132 Å². The van der Waals surface area contributed by atoms with Crippen LogP contribution in [-0.2, 0) is 6.42 Å². The van der Waals surface area contributed by atoms with Crippen molar-refractivity contribution >= 4 is 15.9 Å². The topological polar surface area (TPSA) is 12.0 Å². The van der Waals surface area contributed by atoms with Gasteiger partial charge in [0, 0.05) is 4.47 Å². The third-order valence-corrected chi connectivity index (χ3v) is 5.36. The second-order valence-corrected chi connectivity index (χ2v) is 7.01. The van der Waals surface area contributed by atoms with E-state index < -0.39 is 0 Å². The van der Waals surface area contributed by atoms with Crippen LogP contribution in [0.4, 0.5) is 0 Å². The molecule has 0 heterocycles. The summed E-state index contributed by atoms with van der Waals surface area (Å²) in [5.74, 6) is 1.71. The molecule has 1 aliphatic carbocycles. The Balaban J connectivity index is 1.99. The van der Waals surface area contributed by atoms with Crippen LogP contribution >= 0.6 is 15.9 Å². The SMILES string of the molecule is CCCNCC(Cc1ccccc1Br)C1CCCCC1. The van der Waals surface area contributed by atoms with Gasteiger partial charge in [0.2, 0.25) is 0 Å². The Bertz CT molecular complexity index is 385. The van der Waals surface area contributed by atoms with E-state index in [1.54, 1.807) is 0 Å². The Kier molecular flexibility index (Phi) is 7.09. The van der Waals surface area contributed by atoms with Gasteiger partial charge in [-0.1, -0.05) is 73.2 Å². The van der Waals surface area contributed by atoms with E-state index in [1.165, 1.54) is 61.5 Å². The van der Waals surface area contributed by atoms with Crippen molar-refractivity contribution in [2.24, 2.45) is 11.8 Å². The Morgan fingerprint density at radius 3 is 2.65 bits per heavy atom. The summed E-state index contributed by atoms with van der Waals surface area (Å²) in [4.78, 5) is 0. The van der Waals surface area contributed by atoms with Crippen molar-refractivity contribution in [1.82, 2.24) is 5.32 Å². The molecule has 0 radical (unpaired) electrons. The molecular formula is C18H28BrN. The van der Waals surface area contributed by atoms with Crippen molar-refractivity contribution in [1.29, 1.82) is 0 Å². The summed E-state index contributed by atoms with van der Waals surface area (Å²) in [5.41, 5.74) is 1.47. The van der Waals surface area contributed by atoms with Crippen LogP contribution in [0.15, 0.2) is 28.7 Å². The maximum absolute atomic E-state index is 3.71. The highest BCUT2D eigenvalue weighted by atomic mass is 79.9. The lowest BCUT2D eigenvalue weighted by Gasteiger charge is -2.31. The van der Waals surface area contributed by atoms with Gasteiger partial charge in [0.05, 0.1) is 0 Å². The fourth-order valence-electron chi connectivity index (χ4n) is 3.42. The van der Waals surface area contributed by atoms with Gasteiger partial charge in [-0.15, -0.1) is 0 Å². The smallest absolute Gasteiger partial charge is 0.0207 e. The van der Waals surface area contributed by atoms with E-state index in [1.807, 2.05) is 0 Å². The van der Waals surface area contributed by atoms with Crippen molar-refractivity contribution in [3.63, 3.8) is 0 Å². The van der Waals surface area contributed by atoms with Gasteiger partial charge in [-0.2, -0.15) is 0 Å². The molecule has 1 aromatic carbocycles. The first-order valence-electron chi connectivity index (χ1n) is 8.25. The van der Waals surface area contributed by atoms with Crippen LogP contribution in [0.2, 0.25) is 0 Å². The lowest BCUT2D eigenvalue weighted by molar-refractivity contribution is 0.239. The van der Waals surface area contributed by atoms with Gasteiger partial charge < -0.3 is 5.32 Å². The number of halogens is 1. The zero-order valence-electron chi connectivity index (χ0n) is 12.7. The van der Waals surface area contributed by atoms with Crippen LogP contribution in [0.1, 0.15) is 51.0 Å². The molecule has 0 spiro atoms. The van der Waals surface area contributed by atoms with Crippen LogP contribution in [0, 0.1) is 11.8 Å². The fourth-order valence-corrected chi connectivity index (χ4v) is 3.87. The molecule has 2 heteroatoms. The average molecular weight is 338 g/mol. The van der Waals surface area contributed by atoms with E-state index in [0.717, 1.165) is 18.4 Å². The second-order valence-electron chi connectivity index (χ2n) is 6.16. The molecule has 0 amide bonds. The molecule has 1 unspecified atom stereocenters. The molecular weight excluding hydrogens is 310 g/mol. The van der Waals surface area contributed by atoms with Crippen molar-refractivity contribution in [2.75, 3.05) is 13.1 Å². The van der Waals surface area contributed by atoms with Gasteiger partial charge in [0.1, 0.15) is 0 Å². The quantitative estimate of drug-likeness (QED) is 0.675. The highest BCUT2D eigenvalue weighted by molar-refractivity contribution is 9.10. The first-order chi connectivity index (χ1) is 9.81. The van der Waals surface area contributed by atoms with E-state index in [9.17, 15) is 0 Å². The molecule has 0 bridgehead atoms. The van der Waals surface area contributed by atoms with Gasteiger partial charge in [-0.05, 0) is 49.4 Å². The Morgan fingerprint density at radius 1 is 1.20 bits per heavy atom. The molecule has 112 valence electrons. The number of benzene rings is 1. The van der Waals surface area contributed by atoms with E-state index in [4.69, 9.17) is 0 Å².